The summed E-state index contributed by atoms with van der Waals surface area (Å²) in [6.07, 6.45) is 3.99. The molecule has 2 rings (SSSR count). The fourth-order valence-electron chi connectivity index (χ4n) is 2.54. The molecule has 1 aliphatic rings. The van der Waals surface area contributed by atoms with Crippen LogP contribution in [0, 0.1) is 6.92 Å². The fourth-order valence-corrected chi connectivity index (χ4v) is 2.54. The Balaban J connectivity index is 1.76. The molecular weight excluding hydrogens is 208 g/mol. The van der Waals surface area contributed by atoms with Crippen LogP contribution in [-0.2, 0) is 6.54 Å². The predicted molar refractivity (Wildman–Crippen MR) is 73.2 cm³/mol. The Morgan fingerprint density at radius 2 is 2.18 bits per heavy atom. The first-order chi connectivity index (χ1) is 8.25. The van der Waals surface area contributed by atoms with E-state index in [0.29, 0.717) is 0 Å². The highest BCUT2D eigenvalue weighted by Gasteiger charge is 2.14. The van der Waals surface area contributed by atoms with Crippen LogP contribution in [0.5, 0.6) is 0 Å². The van der Waals surface area contributed by atoms with Gasteiger partial charge in [-0.2, -0.15) is 0 Å². The summed E-state index contributed by atoms with van der Waals surface area (Å²) in [6, 6.07) is 9.44. The van der Waals surface area contributed by atoms with Crippen LogP contribution in [0.2, 0.25) is 0 Å². The molecule has 1 saturated heterocycles. The van der Waals surface area contributed by atoms with Crippen LogP contribution in [0.3, 0.4) is 0 Å². The van der Waals surface area contributed by atoms with Gasteiger partial charge in [0.05, 0.1) is 0 Å². The lowest BCUT2D eigenvalue weighted by atomic mass is 10.1. The van der Waals surface area contributed by atoms with Crippen molar-refractivity contribution in [3.63, 3.8) is 0 Å². The summed E-state index contributed by atoms with van der Waals surface area (Å²) in [6.45, 7) is 5.67. The van der Waals surface area contributed by atoms with Crippen LogP contribution in [0.25, 0.3) is 0 Å². The number of benzene rings is 1. The summed E-state index contributed by atoms with van der Waals surface area (Å²) in [5, 5.41) is 3.56. The molecule has 0 radical (unpaired) electrons. The first kappa shape index (κ1) is 12.6. The first-order valence-electron chi connectivity index (χ1n) is 6.72. The molecule has 0 amide bonds. The maximum Gasteiger partial charge on any atom is 0.0233 e. The normalized spacial score (nSPS) is 20.1. The molecule has 1 atom stereocenters. The second-order valence-electron chi connectivity index (χ2n) is 5.25. The minimum Gasteiger partial charge on any atom is -0.314 e. The van der Waals surface area contributed by atoms with Crippen LogP contribution < -0.4 is 5.32 Å². The van der Waals surface area contributed by atoms with Crippen molar-refractivity contribution in [2.75, 3.05) is 20.1 Å². The van der Waals surface area contributed by atoms with E-state index < -0.39 is 0 Å². The molecule has 0 aliphatic carbocycles. The summed E-state index contributed by atoms with van der Waals surface area (Å²) in [4.78, 5) is 2.43. The van der Waals surface area contributed by atoms with E-state index in [1.165, 1.54) is 43.5 Å². The fraction of sp³-hybridized carbons (Fsp3) is 0.600. The van der Waals surface area contributed by atoms with E-state index >= 15 is 0 Å². The molecule has 94 valence electrons. The zero-order valence-corrected chi connectivity index (χ0v) is 11.1. The molecule has 0 bridgehead atoms. The van der Waals surface area contributed by atoms with Gasteiger partial charge in [0.15, 0.2) is 0 Å². The first-order valence-corrected chi connectivity index (χ1v) is 6.72. The lowest BCUT2D eigenvalue weighted by Gasteiger charge is -2.20. The van der Waals surface area contributed by atoms with Gasteiger partial charge in [0.2, 0.25) is 0 Å². The van der Waals surface area contributed by atoms with Crippen molar-refractivity contribution in [3.05, 3.63) is 35.4 Å². The van der Waals surface area contributed by atoms with E-state index in [1.54, 1.807) is 0 Å². The Morgan fingerprint density at radius 1 is 1.35 bits per heavy atom. The molecule has 0 spiro atoms. The van der Waals surface area contributed by atoms with E-state index in [2.05, 4.69) is 48.5 Å². The number of rotatable bonds is 5. The van der Waals surface area contributed by atoms with Gasteiger partial charge in [-0.15, -0.1) is 0 Å². The van der Waals surface area contributed by atoms with Crippen molar-refractivity contribution < 1.29 is 0 Å². The highest BCUT2D eigenvalue weighted by atomic mass is 15.1. The molecule has 2 nitrogen and oxygen atoms in total. The van der Waals surface area contributed by atoms with Crippen molar-refractivity contribution in [1.82, 2.24) is 10.2 Å². The highest BCUT2D eigenvalue weighted by Crippen LogP contribution is 2.12. The highest BCUT2D eigenvalue weighted by molar-refractivity contribution is 5.25. The maximum atomic E-state index is 3.56. The molecular formula is C15H24N2. The standard InChI is InChI=1S/C15H24N2/c1-13-6-3-4-7-14(13)12-17(2)11-9-15-8-5-10-16-15/h3-4,6-7,15-16H,5,8-12H2,1-2H3. The van der Waals surface area contributed by atoms with Crippen molar-refractivity contribution >= 4 is 0 Å². The molecule has 0 aromatic heterocycles. The van der Waals surface area contributed by atoms with Crippen LogP contribution in [-0.4, -0.2) is 31.1 Å². The van der Waals surface area contributed by atoms with Gasteiger partial charge >= 0.3 is 0 Å². The summed E-state index contributed by atoms with van der Waals surface area (Å²) < 4.78 is 0. The minimum absolute atomic E-state index is 0.759. The Labute approximate surface area is 105 Å². The molecule has 0 saturated carbocycles. The number of nitrogens with zero attached hydrogens (tertiary/aromatic N) is 1. The largest absolute Gasteiger partial charge is 0.314 e. The molecule has 1 aromatic carbocycles. The van der Waals surface area contributed by atoms with E-state index in [4.69, 9.17) is 0 Å². The van der Waals surface area contributed by atoms with Crippen molar-refractivity contribution in [3.8, 4) is 0 Å². The topological polar surface area (TPSA) is 15.3 Å². The summed E-state index contributed by atoms with van der Waals surface area (Å²) in [5.74, 6) is 0. The molecule has 1 unspecified atom stereocenters. The van der Waals surface area contributed by atoms with Crippen molar-refractivity contribution in [2.45, 2.75) is 38.8 Å². The minimum atomic E-state index is 0.759. The number of hydrogen-bond acceptors (Lipinski definition) is 2. The zero-order chi connectivity index (χ0) is 12.1. The third kappa shape index (κ3) is 3.83. The van der Waals surface area contributed by atoms with Crippen molar-refractivity contribution in [2.24, 2.45) is 0 Å². The third-order valence-corrected chi connectivity index (χ3v) is 3.72. The van der Waals surface area contributed by atoms with Crippen LogP contribution in [0.4, 0.5) is 0 Å². The number of nitrogens with one attached hydrogen (secondary N) is 1. The maximum absolute atomic E-state index is 3.56. The predicted octanol–water partition coefficient (Wildman–Crippen LogP) is 2.57. The van der Waals surface area contributed by atoms with Gasteiger partial charge in [0.25, 0.3) is 0 Å². The van der Waals surface area contributed by atoms with Gasteiger partial charge in [-0.1, -0.05) is 24.3 Å². The number of aryl methyl sites for hydroxylation is 1. The van der Waals surface area contributed by atoms with E-state index in [-0.39, 0.29) is 0 Å². The Bertz CT molecular complexity index is 343. The molecule has 1 fully saturated rings. The smallest absolute Gasteiger partial charge is 0.0233 e. The van der Waals surface area contributed by atoms with Crippen LogP contribution >= 0.6 is 0 Å². The zero-order valence-electron chi connectivity index (χ0n) is 11.1. The van der Waals surface area contributed by atoms with Crippen molar-refractivity contribution in [1.29, 1.82) is 0 Å². The Kier molecular flexibility index (Phi) is 4.57. The van der Waals surface area contributed by atoms with Crippen LogP contribution in [0.15, 0.2) is 24.3 Å². The average Bonchev–Trinajstić information content (AvgIpc) is 2.82. The van der Waals surface area contributed by atoms with Gasteiger partial charge in [-0.3, -0.25) is 0 Å². The van der Waals surface area contributed by atoms with Gasteiger partial charge in [0.1, 0.15) is 0 Å². The van der Waals surface area contributed by atoms with Gasteiger partial charge in [0, 0.05) is 12.6 Å². The lowest BCUT2D eigenvalue weighted by molar-refractivity contribution is 0.305. The average molecular weight is 232 g/mol. The van der Waals surface area contributed by atoms with Gasteiger partial charge in [-0.25, -0.2) is 0 Å². The summed E-state index contributed by atoms with van der Waals surface area (Å²) in [5.41, 5.74) is 2.85. The molecule has 17 heavy (non-hydrogen) atoms. The summed E-state index contributed by atoms with van der Waals surface area (Å²) in [7, 11) is 2.22. The lowest BCUT2D eigenvalue weighted by Crippen LogP contribution is -2.28. The second kappa shape index (κ2) is 6.18. The summed E-state index contributed by atoms with van der Waals surface area (Å²) >= 11 is 0. The molecule has 1 N–H and O–H groups in total. The van der Waals surface area contributed by atoms with E-state index in [0.717, 1.165) is 12.6 Å². The Morgan fingerprint density at radius 3 is 2.88 bits per heavy atom. The second-order valence-corrected chi connectivity index (χ2v) is 5.25. The molecule has 2 heteroatoms. The quantitative estimate of drug-likeness (QED) is 0.839. The van der Waals surface area contributed by atoms with E-state index in [1.807, 2.05) is 0 Å². The number of hydrogen-bond donors (Lipinski definition) is 1. The van der Waals surface area contributed by atoms with Crippen LogP contribution in [0.1, 0.15) is 30.4 Å². The van der Waals surface area contributed by atoms with Gasteiger partial charge < -0.3 is 10.2 Å². The van der Waals surface area contributed by atoms with E-state index in [9.17, 15) is 0 Å². The molecule has 1 aromatic rings. The SMILES string of the molecule is Cc1ccccc1CN(C)CCC1CCCN1. The third-order valence-electron chi connectivity index (χ3n) is 3.72. The molecule has 1 heterocycles. The van der Waals surface area contributed by atoms with Gasteiger partial charge in [-0.05, 0) is 57.5 Å². The Hall–Kier alpha value is -0.860. The monoisotopic (exact) mass is 232 g/mol. The molecule has 1 aliphatic heterocycles.